The summed E-state index contributed by atoms with van der Waals surface area (Å²) < 4.78 is 2.14. The number of terminal acetylenes is 1. The number of aromatic nitrogens is 2. The molecule has 0 spiro atoms. The minimum atomic E-state index is 0.142. The van der Waals surface area contributed by atoms with Crippen molar-refractivity contribution in [1.82, 2.24) is 9.55 Å². The molecule has 0 aliphatic heterocycles. The van der Waals surface area contributed by atoms with E-state index in [9.17, 15) is 5.11 Å². The van der Waals surface area contributed by atoms with E-state index in [0.29, 0.717) is 5.57 Å². The van der Waals surface area contributed by atoms with Crippen LogP contribution in [-0.2, 0) is 0 Å². The van der Waals surface area contributed by atoms with Crippen molar-refractivity contribution in [3.05, 3.63) is 90.2 Å². The first-order chi connectivity index (χ1) is 13.2. The van der Waals surface area contributed by atoms with E-state index in [1.165, 1.54) is 0 Å². The van der Waals surface area contributed by atoms with E-state index in [4.69, 9.17) is 11.4 Å². The number of benzene rings is 3. The first-order valence-corrected chi connectivity index (χ1v) is 8.69. The van der Waals surface area contributed by atoms with Gasteiger partial charge in [-0.2, -0.15) is 0 Å². The predicted octanol–water partition coefficient (Wildman–Crippen LogP) is 5.61. The van der Waals surface area contributed by atoms with Crippen molar-refractivity contribution >= 4 is 16.6 Å². The topological polar surface area (TPSA) is 38.0 Å². The summed E-state index contributed by atoms with van der Waals surface area (Å²) in [6.07, 6.45) is 5.53. The van der Waals surface area contributed by atoms with Crippen molar-refractivity contribution in [3.63, 3.8) is 0 Å². The van der Waals surface area contributed by atoms with Crippen LogP contribution in [0.2, 0.25) is 0 Å². The Kier molecular flexibility index (Phi) is 4.24. The Morgan fingerprint density at radius 2 is 1.59 bits per heavy atom. The Morgan fingerprint density at radius 3 is 2.26 bits per heavy atom. The zero-order valence-electron chi connectivity index (χ0n) is 14.9. The zero-order chi connectivity index (χ0) is 18.8. The second-order valence-electron chi connectivity index (χ2n) is 6.28. The molecular weight excluding hydrogens is 332 g/mol. The lowest BCUT2D eigenvalue weighted by molar-refractivity contribution is 0.418. The summed E-state index contributed by atoms with van der Waals surface area (Å²) in [6.45, 7) is 1.60. The van der Waals surface area contributed by atoms with E-state index in [2.05, 4.69) is 28.7 Å². The molecule has 27 heavy (non-hydrogen) atoms. The van der Waals surface area contributed by atoms with Gasteiger partial charge in [0.05, 0.1) is 16.6 Å². The summed E-state index contributed by atoms with van der Waals surface area (Å²) in [5.74, 6) is 3.58. The van der Waals surface area contributed by atoms with Crippen LogP contribution in [0.1, 0.15) is 12.5 Å². The maximum atomic E-state index is 9.77. The Bertz CT molecular complexity index is 1170. The first kappa shape index (κ1) is 16.7. The first-order valence-electron chi connectivity index (χ1n) is 8.69. The van der Waals surface area contributed by atoms with Crippen LogP contribution >= 0.6 is 0 Å². The number of allylic oxidation sites excluding steroid dienone is 2. The third-order valence-electron chi connectivity index (χ3n) is 4.51. The lowest BCUT2D eigenvalue weighted by atomic mass is 10.1. The lowest BCUT2D eigenvalue weighted by Gasteiger charge is -2.11. The summed E-state index contributed by atoms with van der Waals surface area (Å²) in [7, 11) is 0. The number of para-hydroxylation sites is 2. The highest BCUT2D eigenvalue weighted by Crippen LogP contribution is 2.29. The highest BCUT2D eigenvalue weighted by molar-refractivity contribution is 5.84. The average Bonchev–Trinajstić information content (AvgIpc) is 3.09. The van der Waals surface area contributed by atoms with Crippen molar-refractivity contribution in [2.24, 2.45) is 0 Å². The van der Waals surface area contributed by atoms with Crippen LogP contribution in [0, 0.1) is 12.3 Å². The molecular formula is C24H18N2O. The van der Waals surface area contributed by atoms with E-state index < -0.39 is 0 Å². The fraction of sp³-hybridized carbons (Fsp3) is 0.0417. The maximum absolute atomic E-state index is 9.77. The zero-order valence-corrected chi connectivity index (χ0v) is 14.9. The number of nitrogens with zero attached hydrogens (tertiary/aromatic N) is 2. The molecule has 0 aliphatic rings. The molecule has 0 fully saturated rings. The highest BCUT2D eigenvalue weighted by atomic mass is 16.3. The van der Waals surface area contributed by atoms with Crippen molar-refractivity contribution in [1.29, 1.82) is 0 Å². The molecule has 3 aromatic carbocycles. The highest BCUT2D eigenvalue weighted by Gasteiger charge is 2.14. The van der Waals surface area contributed by atoms with Crippen LogP contribution in [0.4, 0.5) is 0 Å². The molecule has 3 heteroatoms. The fourth-order valence-electron chi connectivity index (χ4n) is 3.24. The smallest absolute Gasteiger partial charge is 0.145 e. The van der Waals surface area contributed by atoms with Crippen LogP contribution in [-0.4, -0.2) is 14.7 Å². The van der Waals surface area contributed by atoms with Crippen LogP contribution in [0.3, 0.4) is 0 Å². The molecule has 0 saturated carbocycles. The van der Waals surface area contributed by atoms with Gasteiger partial charge in [-0.15, -0.1) is 6.42 Å². The maximum Gasteiger partial charge on any atom is 0.145 e. The number of imidazole rings is 1. The largest absolute Gasteiger partial charge is 0.511 e. The predicted molar refractivity (Wildman–Crippen MR) is 111 cm³/mol. The Morgan fingerprint density at radius 1 is 0.926 bits per heavy atom. The molecule has 0 aliphatic carbocycles. The van der Waals surface area contributed by atoms with Crippen LogP contribution in [0.25, 0.3) is 33.7 Å². The summed E-state index contributed by atoms with van der Waals surface area (Å²) in [6, 6.07) is 26.1. The number of aliphatic hydroxyl groups excluding tert-OH is 1. The van der Waals surface area contributed by atoms with Gasteiger partial charge in [-0.05, 0) is 36.8 Å². The second kappa shape index (κ2) is 6.86. The number of aliphatic hydroxyl groups is 1. The van der Waals surface area contributed by atoms with Crippen molar-refractivity contribution in [2.75, 3.05) is 0 Å². The summed E-state index contributed by atoms with van der Waals surface area (Å²) in [4.78, 5) is 4.84. The van der Waals surface area contributed by atoms with Gasteiger partial charge in [0.15, 0.2) is 0 Å². The minimum absolute atomic E-state index is 0.142. The number of hydrogen-bond acceptors (Lipinski definition) is 2. The van der Waals surface area contributed by atoms with Gasteiger partial charge in [-0.3, -0.25) is 4.57 Å². The molecule has 3 nitrogen and oxygen atoms in total. The van der Waals surface area contributed by atoms with Gasteiger partial charge in [0.1, 0.15) is 11.6 Å². The standard InChI is InChI=1S/C24H18N2O/c1-3-21(17(2)27)18-13-15-20(16-14-18)26-23-12-8-7-11-22(23)25-24(26)19-9-5-4-6-10-19/h1,4-16,27H,2H3/b21-17-. The summed E-state index contributed by atoms with van der Waals surface area (Å²) in [5, 5.41) is 9.77. The molecule has 0 radical (unpaired) electrons. The van der Waals surface area contributed by atoms with Gasteiger partial charge in [-0.1, -0.05) is 60.5 Å². The third-order valence-corrected chi connectivity index (χ3v) is 4.51. The van der Waals surface area contributed by atoms with Crippen LogP contribution in [0.15, 0.2) is 84.6 Å². The quantitative estimate of drug-likeness (QED) is 0.385. The van der Waals surface area contributed by atoms with E-state index in [1.807, 2.05) is 60.7 Å². The fourth-order valence-corrected chi connectivity index (χ4v) is 3.24. The Labute approximate surface area is 158 Å². The average molecular weight is 350 g/mol. The second-order valence-corrected chi connectivity index (χ2v) is 6.28. The number of hydrogen-bond donors (Lipinski definition) is 1. The van der Waals surface area contributed by atoms with Gasteiger partial charge in [0.25, 0.3) is 0 Å². The molecule has 0 bridgehead atoms. The van der Waals surface area contributed by atoms with Gasteiger partial charge >= 0.3 is 0 Å². The lowest BCUT2D eigenvalue weighted by Crippen LogP contribution is -1.98. The minimum Gasteiger partial charge on any atom is -0.511 e. The third kappa shape index (κ3) is 2.98. The van der Waals surface area contributed by atoms with E-state index in [1.54, 1.807) is 6.92 Å². The molecule has 0 unspecified atom stereocenters. The Hall–Kier alpha value is -3.77. The molecule has 0 amide bonds. The van der Waals surface area contributed by atoms with E-state index in [0.717, 1.165) is 33.7 Å². The molecule has 1 aromatic heterocycles. The van der Waals surface area contributed by atoms with Gasteiger partial charge < -0.3 is 5.11 Å². The molecule has 0 atom stereocenters. The number of fused-ring (bicyclic) bond motifs is 1. The molecule has 4 aromatic rings. The molecule has 1 heterocycles. The van der Waals surface area contributed by atoms with Crippen LogP contribution in [0.5, 0.6) is 0 Å². The van der Waals surface area contributed by atoms with E-state index in [-0.39, 0.29) is 5.76 Å². The summed E-state index contributed by atoms with van der Waals surface area (Å²) >= 11 is 0. The number of rotatable bonds is 3. The van der Waals surface area contributed by atoms with Crippen molar-refractivity contribution in [3.8, 4) is 29.4 Å². The molecule has 130 valence electrons. The van der Waals surface area contributed by atoms with Gasteiger partial charge in [-0.25, -0.2) is 4.98 Å². The van der Waals surface area contributed by atoms with Gasteiger partial charge in [0, 0.05) is 11.3 Å². The van der Waals surface area contributed by atoms with Gasteiger partial charge in [0.2, 0.25) is 0 Å². The summed E-state index contributed by atoms with van der Waals surface area (Å²) in [5.41, 5.74) is 5.32. The monoisotopic (exact) mass is 350 g/mol. The van der Waals surface area contributed by atoms with E-state index >= 15 is 0 Å². The Balaban J connectivity index is 1.92. The molecule has 1 N–H and O–H groups in total. The normalized spacial score (nSPS) is 11.9. The van der Waals surface area contributed by atoms with Crippen LogP contribution < -0.4 is 0 Å². The molecule has 4 rings (SSSR count). The van der Waals surface area contributed by atoms with Crippen molar-refractivity contribution in [2.45, 2.75) is 6.92 Å². The molecule has 0 saturated heterocycles. The SMILES string of the molecule is C#C/C(=C(\C)O)c1ccc(-n2c(-c3ccccc3)nc3ccccc32)cc1. The van der Waals surface area contributed by atoms with Crippen molar-refractivity contribution < 1.29 is 5.11 Å².